The summed E-state index contributed by atoms with van der Waals surface area (Å²) >= 11 is 3.41. The van der Waals surface area contributed by atoms with Crippen LogP contribution in [-0.2, 0) is 0 Å². The molecule has 0 aromatic heterocycles. The maximum atomic E-state index is 11.7. The molecule has 0 saturated heterocycles. The van der Waals surface area contributed by atoms with Crippen LogP contribution in [0.4, 0.5) is 0 Å². The van der Waals surface area contributed by atoms with Gasteiger partial charge in [-0.1, -0.05) is 15.9 Å². The normalized spacial score (nSPS) is 10.6. The van der Waals surface area contributed by atoms with Crippen molar-refractivity contribution < 1.29 is 4.79 Å². The predicted octanol–water partition coefficient (Wildman–Crippen LogP) is 2.05. The Hall–Kier alpha value is -0.870. The molecule has 1 N–H and O–H groups in total. The van der Waals surface area contributed by atoms with E-state index in [0.717, 1.165) is 16.6 Å². The second-order valence-corrected chi connectivity index (χ2v) is 4.88. The largest absolute Gasteiger partial charge is 0.351 e. The Morgan fingerprint density at radius 3 is 2.69 bits per heavy atom. The molecule has 0 aliphatic heterocycles. The Morgan fingerprint density at radius 1 is 1.44 bits per heavy atom. The summed E-state index contributed by atoms with van der Waals surface area (Å²) in [4.78, 5) is 13.8. The number of aryl methyl sites for hydroxylation is 1. The highest BCUT2D eigenvalue weighted by atomic mass is 79.9. The van der Waals surface area contributed by atoms with Crippen molar-refractivity contribution in [1.82, 2.24) is 10.2 Å². The SMILES string of the molecule is Cc1cc(C(=O)NCCN(C)C)ccc1Br. The molecule has 1 aromatic rings. The van der Waals surface area contributed by atoms with Crippen LogP contribution in [0.3, 0.4) is 0 Å². The van der Waals surface area contributed by atoms with E-state index in [4.69, 9.17) is 0 Å². The van der Waals surface area contributed by atoms with E-state index in [1.165, 1.54) is 0 Å². The number of halogens is 1. The molecule has 0 spiro atoms. The molecule has 0 fully saturated rings. The van der Waals surface area contributed by atoms with Crippen molar-refractivity contribution in [3.05, 3.63) is 33.8 Å². The lowest BCUT2D eigenvalue weighted by Gasteiger charge is -2.10. The summed E-state index contributed by atoms with van der Waals surface area (Å²) < 4.78 is 1.03. The molecule has 4 heteroatoms. The highest BCUT2D eigenvalue weighted by Crippen LogP contribution is 2.16. The Balaban J connectivity index is 2.56. The van der Waals surface area contributed by atoms with Crippen LogP contribution in [0.15, 0.2) is 22.7 Å². The molecule has 0 bridgehead atoms. The monoisotopic (exact) mass is 284 g/mol. The van der Waals surface area contributed by atoms with Crippen LogP contribution in [0.25, 0.3) is 0 Å². The van der Waals surface area contributed by atoms with Gasteiger partial charge in [-0.25, -0.2) is 0 Å². The Labute approximate surface area is 105 Å². The molecule has 1 rings (SSSR count). The molecule has 0 aliphatic rings. The number of nitrogens with zero attached hydrogens (tertiary/aromatic N) is 1. The summed E-state index contributed by atoms with van der Waals surface area (Å²) in [5.41, 5.74) is 1.78. The van der Waals surface area contributed by atoms with Crippen LogP contribution in [0, 0.1) is 6.92 Å². The minimum Gasteiger partial charge on any atom is -0.351 e. The second-order valence-electron chi connectivity index (χ2n) is 4.02. The second kappa shape index (κ2) is 6.01. The first-order chi connectivity index (χ1) is 7.50. The minimum atomic E-state index is -0.0162. The van der Waals surface area contributed by atoms with Crippen molar-refractivity contribution >= 4 is 21.8 Å². The van der Waals surface area contributed by atoms with Gasteiger partial charge in [0.05, 0.1) is 0 Å². The van der Waals surface area contributed by atoms with Gasteiger partial charge in [0.1, 0.15) is 0 Å². The van der Waals surface area contributed by atoms with Crippen molar-refractivity contribution in [2.45, 2.75) is 6.92 Å². The summed E-state index contributed by atoms with van der Waals surface area (Å²) in [6.07, 6.45) is 0. The molecule has 0 heterocycles. The highest BCUT2D eigenvalue weighted by Gasteiger charge is 2.06. The van der Waals surface area contributed by atoms with Crippen molar-refractivity contribution in [1.29, 1.82) is 0 Å². The van der Waals surface area contributed by atoms with E-state index in [1.54, 1.807) is 0 Å². The molecule has 0 saturated carbocycles. The fourth-order valence-corrected chi connectivity index (χ4v) is 1.53. The molecule has 0 atom stereocenters. The maximum absolute atomic E-state index is 11.7. The zero-order chi connectivity index (χ0) is 12.1. The molecule has 0 radical (unpaired) electrons. The molecule has 1 aromatic carbocycles. The first-order valence-corrected chi connectivity index (χ1v) is 5.99. The number of hydrogen-bond acceptors (Lipinski definition) is 2. The van der Waals surface area contributed by atoms with Gasteiger partial charge < -0.3 is 10.2 Å². The lowest BCUT2D eigenvalue weighted by atomic mass is 10.1. The topological polar surface area (TPSA) is 32.3 Å². The van der Waals surface area contributed by atoms with Crippen LogP contribution in [0.1, 0.15) is 15.9 Å². The highest BCUT2D eigenvalue weighted by molar-refractivity contribution is 9.10. The van der Waals surface area contributed by atoms with Gasteiger partial charge in [0.25, 0.3) is 5.91 Å². The van der Waals surface area contributed by atoms with Crippen LogP contribution in [-0.4, -0.2) is 38.0 Å². The first kappa shape index (κ1) is 13.2. The van der Waals surface area contributed by atoms with E-state index >= 15 is 0 Å². The number of rotatable bonds is 4. The average molecular weight is 285 g/mol. The van der Waals surface area contributed by atoms with Gasteiger partial charge in [-0.2, -0.15) is 0 Å². The number of nitrogens with one attached hydrogen (secondary N) is 1. The van der Waals surface area contributed by atoms with Gasteiger partial charge >= 0.3 is 0 Å². The molecule has 1 amide bonds. The number of carbonyl (C=O) groups is 1. The molecule has 16 heavy (non-hydrogen) atoms. The fraction of sp³-hybridized carbons (Fsp3) is 0.417. The van der Waals surface area contributed by atoms with Gasteiger partial charge in [-0.05, 0) is 44.8 Å². The van der Waals surface area contributed by atoms with Crippen molar-refractivity contribution in [3.63, 3.8) is 0 Å². The van der Waals surface area contributed by atoms with Crippen LogP contribution >= 0.6 is 15.9 Å². The summed E-state index contributed by atoms with van der Waals surface area (Å²) in [6.45, 7) is 3.49. The van der Waals surface area contributed by atoms with Crippen LogP contribution in [0.2, 0.25) is 0 Å². The van der Waals surface area contributed by atoms with E-state index in [9.17, 15) is 4.79 Å². The predicted molar refractivity (Wildman–Crippen MR) is 69.8 cm³/mol. The molecule has 3 nitrogen and oxygen atoms in total. The number of likely N-dealkylation sites (N-methyl/N-ethyl adjacent to an activating group) is 1. The summed E-state index contributed by atoms with van der Waals surface area (Å²) in [5, 5.41) is 2.88. The zero-order valence-corrected chi connectivity index (χ0v) is 11.5. The molecular formula is C12H17BrN2O. The summed E-state index contributed by atoms with van der Waals surface area (Å²) in [5.74, 6) is -0.0162. The third-order valence-corrected chi connectivity index (χ3v) is 3.15. The number of benzene rings is 1. The third-order valence-electron chi connectivity index (χ3n) is 2.26. The van der Waals surface area contributed by atoms with E-state index in [-0.39, 0.29) is 5.91 Å². The fourth-order valence-electron chi connectivity index (χ4n) is 1.28. The molecule has 0 aliphatic carbocycles. The standard InChI is InChI=1S/C12H17BrN2O/c1-9-8-10(4-5-11(9)13)12(16)14-6-7-15(2)3/h4-5,8H,6-7H2,1-3H3,(H,14,16). The van der Waals surface area contributed by atoms with Gasteiger partial charge in [-0.15, -0.1) is 0 Å². The van der Waals surface area contributed by atoms with Gasteiger partial charge in [-0.3, -0.25) is 4.79 Å². The van der Waals surface area contributed by atoms with E-state index < -0.39 is 0 Å². The summed E-state index contributed by atoms with van der Waals surface area (Å²) in [6, 6.07) is 5.60. The lowest BCUT2D eigenvalue weighted by molar-refractivity contribution is 0.0951. The van der Waals surface area contributed by atoms with E-state index in [0.29, 0.717) is 12.1 Å². The van der Waals surface area contributed by atoms with Crippen molar-refractivity contribution in [2.24, 2.45) is 0 Å². The average Bonchev–Trinajstić information content (AvgIpc) is 2.21. The van der Waals surface area contributed by atoms with Gasteiger partial charge in [0.2, 0.25) is 0 Å². The quantitative estimate of drug-likeness (QED) is 0.918. The Kier molecular flexibility index (Phi) is 4.96. The smallest absolute Gasteiger partial charge is 0.251 e. The zero-order valence-electron chi connectivity index (χ0n) is 9.88. The lowest BCUT2D eigenvalue weighted by Crippen LogP contribution is -2.31. The number of hydrogen-bond donors (Lipinski definition) is 1. The van der Waals surface area contributed by atoms with Crippen molar-refractivity contribution in [2.75, 3.05) is 27.2 Å². The third kappa shape index (κ3) is 3.94. The number of amides is 1. The maximum Gasteiger partial charge on any atom is 0.251 e. The molecule has 88 valence electrons. The first-order valence-electron chi connectivity index (χ1n) is 5.20. The van der Waals surface area contributed by atoms with Crippen molar-refractivity contribution in [3.8, 4) is 0 Å². The summed E-state index contributed by atoms with van der Waals surface area (Å²) in [7, 11) is 3.96. The van der Waals surface area contributed by atoms with E-state index in [1.807, 2.05) is 44.1 Å². The molecular weight excluding hydrogens is 268 g/mol. The van der Waals surface area contributed by atoms with Gasteiger partial charge in [0.15, 0.2) is 0 Å². The van der Waals surface area contributed by atoms with E-state index in [2.05, 4.69) is 21.2 Å². The minimum absolute atomic E-state index is 0.0162. The Bertz CT molecular complexity index is 377. The van der Waals surface area contributed by atoms with Crippen LogP contribution < -0.4 is 5.32 Å². The Morgan fingerprint density at radius 2 is 2.12 bits per heavy atom. The number of carbonyl (C=O) groups excluding carboxylic acids is 1. The van der Waals surface area contributed by atoms with Crippen LogP contribution in [0.5, 0.6) is 0 Å². The van der Waals surface area contributed by atoms with Gasteiger partial charge in [0, 0.05) is 23.1 Å². The molecule has 0 unspecified atom stereocenters.